The van der Waals surface area contributed by atoms with Crippen LogP contribution in [0.2, 0.25) is 0 Å². The van der Waals surface area contributed by atoms with Crippen LogP contribution in [-0.4, -0.2) is 30.9 Å². The van der Waals surface area contributed by atoms with E-state index in [9.17, 15) is 14.4 Å². The van der Waals surface area contributed by atoms with Crippen molar-refractivity contribution in [1.82, 2.24) is 5.32 Å². The molecule has 1 aromatic carbocycles. The van der Waals surface area contributed by atoms with E-state index in [1.165, 1.54) is 13.2 Å². The van der Waals surface area contributed by atoms with Crippen LogP contribution in [0.3, 0.4) is 0 Å². The number of halogens is 1. The first kappa shape index (κ1) is 24.2. The molecule has 34 heavy (non-hydrogen) atoms. The molecule has 6 nitrogen and oxygen atoms in total. The molecule has 1 saturated carbocycles. The Balaban J connectivity index is 1.78. The van der Waals surface area contributed by atoms with Gasteiger partial charge in [0.2, 0.25) is 0 Å². The summed E-state index contributed by atoms with van der Waals surface area (Å²) in [6, 6.07) is 6.14. The minimum Gasteiger partial charge on any atom is -0.468 e. The largest absolute Gasteiger partial charge is 0.468 e. The lowest BCUT2D eigenvalue weighted by Crippen LogP contribution is -2.43. The molecule has 0 amide bonds. The van der Waals surface area contributed by atoms with Gasteiger partial charge in [-0.1, -0.05) is 38.0 Å². The maximum atomic E-state index is 15.1. The summed E-state index contributed by atoms with van der Waals surface area (Å²) in [7, 11) is 1.25. The molecule has 0 saturated heterocycles. The van der Waals surface area contributed by atoms with Crippen LogP contribution in [0.4, 0.5) is 4.39 Å². The number of hydrogen-bond donors (Lipinski definition) is 1. The highest BCUT2D eigenvalue weighted by Crippen LogP contribution is 2.46. The highest BCUT2D eigenvalue weighted by Gasteiger charge is 2.48. The highest BCUT2D eigenvalue weighted by molar-refractivity contribution is 6.12. The maximum absolute atomic E-state index is 15.1. The van der Waals surface area contributed by atoms with Gasteiger partial charge in [0.1, 0.15) is 17.8 Å². The molecule has 0 spiro atoms. The first-order chi connectivity index (χ1) is 16.3. The van der Waals surface area contributed by atoms with Crippen molar-refractivity contribution in [3.05, 3.63) is 58.2 Å². The van der Waals surface area contributed by atoms with Crippen LogP contribution in [0.25, 0.3) is 0 Å². The van der Waals surface area contributed by atoms with Gasteiger partial charge >= 0.3 is 11.9 Å². The van der Waals surface area contributed by atoms with E-state index in [1.54, 1.807) is 25.1 Å². The van der Waals surface area contributed by atoms with Gasteiger partial charge in [-0.05, 0) is 51.0 Å². The van der Waals surface area contributed by atoms with Crippen molar-refractivity contribution in [1.29, 1.82) is 0 Å². The van der Waals surface area contributed by atoms with Crippen LogP contribution in [-0.2, 0) is 23.9 Å². The van der Waals surface area contributed by atoms with Gasteiger partial charge in [0.05, 0.1) is 18.6 Å². The molecule has 1 heterocycles. The smallest absolute Gasteiger partial charge is 0.337 e. The first-order valence-electron chi connectivity index (χ1n) is 12.1. The van der Waals surface area contributed by atoms with Gasteiger partial charge in [-0.3, -0.25) is 9.59 Å². The van der Waals surface area contributed by atoms with E-state index in [-0.39, 0.29) is 28.7 Å². The molecular weight excluding hydrogens is 437 g/mol. The van der Waals surface area contributed by atoms with Gasteiger partial charge in [-0.15, -0.1) is 0 Å². The number of Topliss-reactive ketones (excluding diaryl/α,β-unsaturated/α-hetero) is 1. The van der Waals surface area contributed by atoms with E-state index in [1.807, 2.05) is 6.92 Å². The second kappa shape index (κ2) is 10.1. The molecular formula is C27H32FNO5. The highest BCUT2D eigenvalue weighted by atomic mass is 19.1. The number of carbonyl (C=O) groups is 3. The number of benzene rings is 1. The monoisotopic (exact) mass is 469 g/mol. The third kappa shape index (κ3) is 4.52. The number of esters is 2. The molecule has 1 fully saturated rings. The number of carbonyl (C=O) groups excluding carboxylic acids is 3. The molecule has 7 heteroatoms. The summed E-state index contributed by atoms with van der Waals surface area (Å²) in [5.41, 5.74) is 1.85. The fraction of sp³-hybridized carbons (Fsp3) is 0.519. The summed E-state index contributed by atoms with van der Waals surface area (Å²) in [4.78, 5) is 39.7. The zero-order chi connectivity index (χ0) is 24.4. The van der Waals surface area contributed by atoms with Gasteiger partial charge < -0.3 is 14.8 Å². The molecule has 1 aliphatic heterocycles. The summed E-state index contributed by atoms with van der Waals surface area (Å²) in [6.45, 7) is 3.57. The van der Waals surface area contributed by atoms with Crippen molar-refractivity contribution in [3.8, 4) is 0 Å². The topological polar surface area (TPSA) is 81.7 Å². The lowest BCUT2D eigenvalue weighted by atomic mass is 9.69. The summed E-state index contributed by atoms with van der Waals surface area (Å²) in [5.74, 6) is -4.37. The second-order valence-corrected chi connectivity index (χ2v) is 9.58. The van der Waals surface area contributed by atoms with Gasteiger partial charge in [0.25, 0.3) is 0 Å². The third-order valence-electron chi connectivity index (χ3n) is 7.26. The summed E-state index contributed by atoms with van der Waals surface area (Å²) >= 11 is 0. The van der Waals surface area contributed by atoms with Gasteiger partial charge in [0, 0.05) is 22.5 Å². The molecule has 0 bridgehead atoms. The van der Waals surface area contributed by atoms with Crippen molar-refractivity contribution in [2.45, 2.75) is 70.8 Å². The van der Waals surface area contributed by atoms with Crippen LogP contribution >= 0.6 is 0 Å². The van der Waals surface area contributed by atoms with Crippen LogP contribution < -0.4 is 5.32 Å². The van der Waals surface area contributed by atoms with E-state index in [0.717, 1.165) is 38.5 Å². The molecule has 3 aliphatic rings. The Labute approximate surface area is 199 Å². The summed E-state index contributed by atoms with van der Waals surface area (Å²) in [5, 5.41) is 3.22. The molecule has 1 N–H and O–H groups in total. The molecule has 0 unspecified atom stereocenters. The number of ether oxygens (including phenoxy) is 2. The summed E-state index contributed by atoms with van der Waals surface area (Å²) < 4.78 is 25.9. The number of rotatable bonds is 4. The number of methoxy groups -OCH3 is 1. The van der Waals surface area contributed by atoms with Crippen molar-refractivity contribution in [2.24, 2.45) is 11.8 Å². The molecule has 4 rings (SSSR count). The predicted molar refractivity (Wildman–Crippen MR) is 124 cm³/mol. The Kier molecular flexibility index (Phi) is 7.19. The second-order valence-electron chi connectivity index (χ2n) is 9.58. The fourth-order valence-electron chi connectivity index (χ4n) is 5.55. The van der Waals surface area contributed by atoms with Crippen LogP contribution in [0, 0.1) is 17.7 Å². The number of nitrogens with one attached hydrogen (secondary N) is 1. The van der Waals surface area contributed by atoms with E-state index in [2.05, 4.69) is 5.32 Å². The van der Waals surface area contributed by atoms with Crippen LogP contribution in [0.5, 0.6) is 0 Å². The van der Waals surface area contributed by atoms with Gasteiger partial charge in [0.15, 0.2) is 5.78 Å². The van der Waals surface area contributed by atoms with Crippen LogP contribution in [0.15, 0.2) is 46.8 Å². The van der Waals surface area contributed by atoms with E-state index in [0.29, 0.717) is 17.8 Å². The third-order valence-corrected chi connectivity index (χ3v) is 7.26. The normalized spacial score (nSPS) is 25.9. The lowest BCUT2D eigenvalue weighted by Gasteiger charge is -2.38. The zero-order valence-corrected chi connectivity index (χ0v) is 20.0. The van der Waals surface area contributed by atoms with Crippen molar-refractivity contribution >= 4 is 17.7 Å². The fourth-order valence-corrected chi connectivity index (χ4v) is 5.55. The number of hydrogen-bond acceptors (Lipinski definition) is 6. The van der Waals surface area contributed by atoms with E-state index < -0.39 is 35.4 Å². The Morgan fingerprint density at radius 3 is 2.41 bits per heavy atom. The number of ketones is 1. The first-order valence-corrected chi connectivity index (χ1v) is 12.1. The number of dihydropyridines is 1. The standard InChI is InChI=1S/C27H32FNO5/c1-15-14-20-24(25(30)21(15)26(31)33-3)23(18-12-8-9-13-19(18)28)22(16(2)29-20)27(32)34-17-10-6-4-5-7-11-17/h8-9,12-13,15,17,21,23,29H,4-7,10-11,14H2,1-3H3/t15-,21+,23+/m1/s1. The lowest BCUT2D eigenvalue weighted by molar-refractivity contribution is -0.151. The molecule has 2 aliphatic carbocycles. The van der Waals surface area contributed by atoms with Gasteiger partial charge in [-0.2, -0.15) is 0 Å². The minimum atomic E-state index is -1.00. The van der Waals surface area contributed by atoms with Crippen LogP contribution in [0.1, 0.15) is 70.3 Å². The number of allylic oxidation sites excluding steroid dienone is 3. The molecule has 1 aromatic rings. The average Bonchev–Trinajstić information content (AvgIpc) is 3.06. The average molecular weight is 470 g/mol. The van der Waals surface area contributed by atoms with E-state index in [4.69, 9.17) is 9.47 Å². The van der Waals surface area contributed by atoms with Crippen molar-refractivity contribution in [3.63, 3.8) is 0 Å². The molecule has 0 radical (unpaired) electrons. The Morgan fingerprint density at radius 1 is 1.09 bits per heavy atom. The predicted octanol–water partition coefficient (Wildman–Crippen LogP) is 4.70. The SMILES string of the molecule is COC(=O)[C@@H]1C(=O)C2=C(C[C@H]1C)NC(C)=C(C(=O)OC1CCCCCC1)[C@@H]2c1ccccc1F. The Bertz CT molecular complexity index is 1050. The van der Waals surface area contributed by atoms with Crippen molar-refractivity contribution in [2.75, 3.05) is 7.11 Å². The molecule has 182 valence electrons. The minimum absolute atomic E-state index is 0.197. The molecule has 3 atom stereocenters. The summed E-state index contributed by atoms with van der Waals surface area (Å²) in [6.07, 6.45) is 6.04. The quantitative estimate of drug-likeness (QED) is 0.391. The Hall–Kier alpha value is -2.96. The Morgan fingerprint density at radius 2 is 1.76 bits per heavy atom. The zero-order valence-electron chi connectivity index (χ0n) is 20.0. The van der Waals surface area contributed by atoms with Crippen molar-refractivity contribution < 1.29 is 28.2 Å². The van der Waals surface area contributed by atoms with E-state index >= 15 is 4.39 Å². The van der Waals surface area contributed by atoms with Gasteiger partial charge in [-0.25, -0.2) is 9.18 Å². The maximum Gasteiger partial charge on any atom is 0.337 e. The molecule has 0 aromatic heterocycles.